The van der Waals surface area contributed by atoms with Gasteiger partial charge in [-0.05, 0) is 55.2 Å². The number of rotatable bonds is 9. The van der Waals surface area contributed by atoms with Crippen LogP contribution in [0.15, 0.2) is 54.9 Å². The van der Waals surface area contributed by atoms with Gasteiger partial charge in [0.2, 0.25) is 0 Å². The van der Waals surface area contributed by atoms with E-state index in [0.29, 0.717) is 42.7 Å². The number of nitrogens with one attached hydrogen (secondary N) is 1. The van der Waals surface area contributed by atoms with Gasteiger partial charge in [-0.3, -0.25) is 4.79 Å². The molecule has 1 fully saturated rings. The molecule has 2 aromatic heterocycles. The third-order valence-electron chi connectivity index (χ3n) is 6.35. The van der Waals surface area contributed by atoms with Crippen LogP contribution in [0.5, 0.6) is 5.75 Å². The van der Waals surface area contributed by atoms with Gasteiger partial charge in [0.1, 0.15) is 5.75 Å². The molecule has 0 radical (unpaired) electrons. The zero-order chi connectivity index (χ0) is 26.0. The number of carbonyl (C=O) groups is 1. The van der Waals surface area contributed by atoms with Crippen molar-refractivity contribution >= 4 is 16.9 Å². The van der Waals surface area contributed by atoms with Crippen molar-refractivity contribution in [2.45, 2.75) is 44.7 Å². The molecule has 0 unspecified atom stereocenters. The molecule has 0 aliphatic heterocycles. The molecule has 0 bridgehead atoms. The largest absolute Gasteiger partial charge is 0.493 e. The van der Waals surface area contributed by atoms with E-state index in [1.165, 1.54) is 12.1 Å². The average molecular weight is 510 g/mol. The molecule has 0 amide bonds. The minimum atomic E-state index is -4.38. The van der Waals surface area contributed by atoms with Gasteiger partial charge >= 0.3 is 12.1 Å². The Balaban J connectivity index is 1.25. The van der Waals surface area contributed by atoms with Gasteiger partial charge < -0.3 is 14.5 Å². The van der Waals surface area contributed by atoms with Gasteiger partial charge in [0, 0.05) is 47.3 Å². The first kappa shape index (κ1) is 24.8. The molecule has 5 rings (SSSR count). The maximum Gasteiger partial charge on any atom is 0.416 e. The number of benzene rings is 2. The number of esters is 1. The second-order valence-corrected chi connectivity index (χ2v) is 9.06. The van der Waals surface area contributed by atoms with Crippen LogP contribution in [-0.2, 0) is 28.5 Å². The number of aromatic amines is 1. The minimum Gasteiger partial charge on any atom is -0.493 e. The lowest BCUT2D eigenvalue weighted by atomic mass is 10.1. The summed E-state index contributed by atoms with van der Waals surface area (Å²) in [7, 11) is 0. The van der Waals surface area contributed by atoms with Gasteiger partial charge in [-0.2, -0.15) is 13.2 Å². The van der Waals surface area contributed by atoms with Crippen LogP contribution < -0.4 is 4.74 Å². The number of carbonyl (C=O) groups excluding carboxylic acids is 1. The van der Waals surface area contributed by atoms with Crippen molar-refractivity contribution in [3.63, 3.8) is 0 Å². The second kappa shape index (κ2) is 10.2. The lowest BCUT2D eigenvalue weighted by molar-refractivity contribution is -0.142. The molecule has 2 aromatic carbocycles. The van der Waals surface area contributed by atoms with Crippen LogP contribution in [0.1, 0.15) is 48.1 Å². The molecule has 6 nitrogen and oxygen atoms in total. The molecule has 1 saturated carbocycles. The van der Waals surface area contributed by atoms with Crippen LogP contribution >= 0.6 is 0 Å². The molecule has 0 spiro atoms. The lowest BCUT2D eigenvalue weighted by Gasteiger charge is -2.12. The van der Waals surface area contributed by atoms with E-state index in [-0.39, 0.29) is 12.4 Å². The number of alkyl halides is 3. The summed E-state index contributed by atoms with van der Waals surface area (Å²) in [6.07, 6.45) is 2.08. The monoisotopic (exact) mass is 509 g/mol. The highest BCUT2D eigenvalue weighted by Crippen LogP contribution is 2.41. The molecule has 1 N–H and O–H groups in total. The third kappa shape index (κ3) is 5.76. The fourth-order valence-electron chi connectivity index (χ4n) is 4.32. The summed E-state index contributed by atoms with van der Waals surface area (Å²) < 4.78 is 49.7. The van der Waals surface area contributed by atoms with E-state index in [2.05, 4.69) is 9.97 Å². The van der Waals surface area contributed by atoms with Crippen molar-refractivity contribution in [2.75, 3.05) is 13.2 Å². The fraction of sp³-hybridized carbons (Fsp3) is 0.321. The predicted molar refractivity (Wildman–Crippen MR) is 132 cm³/mol. The van der Waals surface area contributed by atoms with Crippen molar-refractivity contribution in [1.29, 1.82) is 0 Å². The first-order valence-electron chi connectivity index (χ1n) is 12.2. The van der Waals surface area contributed by atoms with Crippen molar-refractivity contribution in [3.05, 3.63) is 77.2 Å². The maximum atomic E-state index is 12.9. The van der Waals surface area contributed by atoms with Crippen molar-refractivity contribution in [1.82, 2.24) is 15.0 Å². The predicted octanol–water partition coefficient (Wildman–Crippen LogP) is 6.25. The van der Waals surface area contributed by atoms with Gasteiger partial charge in [-0.1, -0.05) is 12.1 Å². The second-order valence-electron chi connectivity index (χ2n) is 9.06. The lowest BCUT2D eigenvalue weighted by Crippen LogP contribution is -2.07. The minimum absolute atomic E-state index is 0.209. The Morgan fingerprint density at radius 2 is 1.89 bits per heavy atom. The van der Waals surface area contributed by atoms with Crippen LogP contribution in [0.25, 0.3) is 22.3 Å². The van der Waals surface area contributed by atoms with Crippen molar-refractivity contribution in [2.24, 2.45) is 0 Å². The summed E-state index contributed by atoms with van der Waals surface area (Å²) in [4.78, 5) is 24.1. The molecule has 9 heteroatoms. The summed E-state index contributed by atoms with van der Waals surface area (Å²) in [6.45, 7) is 2.55. The maximum absolute atomic E-state index is 12.9. The zero-order valence-electron chi connectivity index (χ0n) is 20.3. The third-order valence-corrected chi connectivity index (χ3v) is 6.35. The Bertz CT molecular complexity index is 1410. The number of hydrogen-bond donors (Lipinski definition) is 1. The SMILES string of the molecule is CCOC(=O)Cc1c[nH]c2cc(OCCc3cnc(-c4ccc(C(F)(F)F)cc4)nc3C3CC3)ccc12. The average Bonchev–Trinajstić information content (AvgIpc) is 3.65. The smallest absolute Gasteiger partial charge is 0.416 e. The summed E-state index contributed by atoms with van der Waals surface area (Å²) in [5.41, 5.74) is 3.53. The van der Waals surface area contributed by atoms with Gasteiger partial charge in [0.25, 0.3) is 0 Å². The highest BCUT2D eigenvalue weighted by molar-refractivity contribution is 5.88. The van der Waals surface area contributed by atoms with E-state index in [0.717, 1.165) is 52.7 Å². The van der Waals surface area contributed by atoms with Gasteiger partial charge in [-0.15, -0.1) is 0 Å². The van der Waals surface area contributed by atoms with E-state index in [1.807, 2.05) is 24.4 Å². The zero-order valence-corrected chi connectivity index (χ0v) is 20.3. The molecular formula is C28H26F3N3O3. The normalized spacial score (nSPS) is 13.6. The van der Waals surface area contributed by atoms with Crippen LogP contribution in [0, 0.1) is 0 Å². The van der Waals surface area contributed by atoms with E-state index < -0.39 is 11.7 Å². The first-order chi connectivity index (χ1) is 17.8. The Morgan fingerprint density at radius 3 is 2.59 bits per heavy atom. The first-order valence-corrected chi connectivity index (χ1v) is 12.2. The topological polar surface area (TPSA) is 77.1 Å². The number of ether oxygens (including phenoxy) is 2. The highest BCUT2D eigenvalue weighted by atomic mass is 19.4. The summed E-state index contributed by atoms with van der Waals surface area (Å²) in [5, 5.41) is 0.948. The quantitative estimate of drug-likeness (QED) is 0.270. The molecule has 0 atom stereocenters. The molecule has 37 heavy (non-hydrogen) atoms. The summed E-state index contributed by atoms with van der Waals surface area (Å²) >= 11 is 0. The highest BCUT2D eigenvalue weighted by Gasteiger charge is 2.31. The van der Waals surface area contributed by atoms with Crippen LogP contribution in [0.3, 0.4) is 0 Å². The van der Waals surface area contributed by atoms with Crippen LogP contribution in [-0.4, -0.2) is 34.1 Å². The Morgan fingerprint density at radius 1 is 1.11 bits per heavy atom. The summed E-state index contributed by atoms with van der Waals surface area (Å²) in [6, 6.07) is 10.6. The van der Waals surface area contributed by atoms with E-state index in [1.54, 1.807) is 13.1 Å². The molecule has 2 heterocycles. The number of fused-ring (bicyclic) bond motifs is 1. The van der Waals surface area contributed by atoms with Gasteiger partial charge in [0.15, 0.2) is 5.82 Å². The Kier molecular flexibility index (Phi) is 6.86. The Hall–Kier alpha value is -3.88. The molecule has 0 saturated heterocycles. The van der Waals surface area contributed by atoms with Gasteiger partial charge in [-0.25, -0.2) is 9.97 Å². The number of nitrogens with zero attached hydrogens (tertiary/aromatic N) is 2. The standard InChI is InChI=1S/C28H26F3N3O3/c1-2-36-25(35)13-20-16-32-24-14-22(9-10-23(20)24)37-12-11-19-15-33-27(34-26(19)17-3-4-17)18-5-7-21(8-6-18)28(29,30)31/h5-10,14-17,32H,2-4,11-13H2,1H3. The van der Waals surface area contributed by atoms with Crippen molar-refractivity contribution < 1.29 is 27.4 Å². The van der Waals surface area contributed by atoms with Crippen molar-refractivity contribution in [3.8, 4) is 17.1 Å². The molecule has 1 aliphatic carbocycles. The Labute approximate surface area is 211 Å². The number of aromatic nitrogens is 3. The molecule has 1 aliphatic rings. The molecule has 192 valence electrons. The number of halogens is 3. The van der Waals surface area contributed by atoms with E-state index in [9.17, 15) is 18.0 Å². The van der Waals surface area contributed by atoms with E-state index in [4.69, 9.17) is 14.5 Å². The van der Waals surface area contributed by atoms with Crippen LogP contribution in [0.4, 0.5) is 13.2 Å². The number of H-pyrrole nitrogens is 1. The van der Waals surface area contributed by atoms with E-state index >= 15 is 0 Å². The van der Waals surface area contributed by atoms with Crippen LogP contribution in [0.2, 0.25) is 0 Å². The molecule has 4 aromatic rings. The fourth-order valence-corrected chi connectivity index (χ4v) is 4.32. The summed E-state index contributed by atoms with van der Waals surface area (Å²) in [5.74, 6) is 1.21. The van der Waals surface area contributed by atoms with Gasteiger partial charge in [0.05, 0.1) is 30.9 Å². The number of hydrogen-bond acceptors (Lipinski definition) is 5. The molecular weight excluding hydrogens is 483 g/mol.